The highest BCUT2D eigenvalue weighted by Gasteiger charge is 2.35. The minimum absolute atomic E-state index is 0.174. The van der Waals surface area contributed by atoms with E-state index in [4.69, 9.17) is 9.47 Å². The minimum atomic E-state index is -0.847. The van der Waals surface area contributed by atoms with Gasteiger partial charge in [0.1, 0.15) is 0 Å². The van der Waals surface area contributed by atoms with Crippen molar-refractivity contribution in [1.82, 2.24) is 4.90 Å². The molecule has 0 spiro atoms. The minimum Gasteiger partial charge on any atom is -0.493 e. The molecule has 25 heavy (non-hydrogen) atoms. The summed E-state index contributed by atoms with van der Waals surface area (Å²) in [5.74, 6) is -0.0533. The zero-order valence-corrected chi connectivity index (χ0v) is 15.3. The van der Waals surface area contributed by atoms with Crippen LogP contribution < -0.4 is 9.47 Å². The van der Waals surface area contributed by atoms with Crippen LogP contribution in [0.2, 0.25) is 0 Å². The number of rotatable bonds is 6. The summed E-state index contributed by atoms with van der Waals surface area (Å²) in [6.07, 6.45) is 1.30. The Bertz CT molecular complexity index is 628. The van der Waals surface area contributed by atoms with Crippen molar-refractivity contribution in [2.24, 2.45) is 11.8 Å². The van der Waals surface area contributed by atoms with Crippen LogP contribution in [0.15, 0.2) is 18.2 Å². The Hall–Kier alpha value is -2.24. The normalized spacial score (nSPS) is 20.4. The molecule has 1 N–H and O–H groups in total. The fourth-order valence-electron chi connectivity index (χ4n) is 3.10. The van der Waals surface area contributed by atoms with E-state index in [9.17, 15) is 14.7 Å². The summed E-state index contributed by atoms with van der Waals surface area (Å²) < 4.78 is 11.1. The third-order valence-corrected chi connectivity index (χ3v) is 4.55. The summed E-state index contributed by atoms with van der Waals surface area (Å²) in [5.41, 5.74) is 0.478. The molecular weight excluding hydrogens is 322 g/mol. The molecule has 1 aromatic rings. The fourth-order valence-corrected chi connectivity index (χ4v) is 3.10. The van der Waals surface area contributed by atoms with Gasteiger partial charge in [-0.3, -0.25) is 9.59 Å². The summed E-state index contributed by atoms with van der Waals surface area (Å²) >= 11 is 0. The lowest BCUT2D eigenvalue weighted by Gasteiger charge is -2.37. The van der Waals surface area contributed by atoms with E-state index < -0.39 is 11.9 Å². The van der Waals surface area contributed by atoms with Gasteiger partial charge in [0, 0.05) is 18.2 Å². The van der Waals surface area contributed by atoms with Crippen molar-refractivity contribution in [3.8, 4) is 11.5 Å². The van der Waals surface area contributed by atoms with E-state index in [1.165, 1.54) is 7.11 Å². The molecule has 2 atom stereocenters. The van der Waals surface area contributed by atoms with Gasteiger partial charge < -0.3 is 19.5 Å². The number of carbonyl (C=O) groups is 2. The second-order valence-corrected chi connectivity index (χ2v) is 6.90. The molecule has 0 saturated carbocycles. The first kappa shape index (κ1) is 19.1. The summed E-state index contributed by atoms with van der Waals surface area (Å²) in [5, 5.41) is 9.33. The van der Waals surface area contributed by atoms with Crippen molar-refractivity contribution in [3.05, 3.63) is 23.8 Å². The monoisotopic (exact) mass is 349 g/mol. The number of hydrogen-bond acceptors (Lipinski definition) is 4. The van der Waals surface area contributed by atoms with E-state index in [2.05, 4.69) is 13.8 Å². The first-order valence-electron chi connectivity index (χ1n) is 8.69. The molecular formula is C19H27NO5. The average molecular weight is 349 g/mol. The highest BCUT2D eigenvalue weighted by molar-refractivity contribution is 5.95. The number of piperidine rings is 1. The van der Waals surface area contributed by atoms with Gasteiger partial charge in [0.2, 0.25) is 0 Å². The predicted octanol–water partition coefficient (Wildman–Crippen LogP) is 3.06. The van der Waals surface area contributed by atoms with Crippen LogP contribution in [-0.2, 0) is 4.79 Å². The second-order valence-electron chi connectivity index (χ2n) is 6.90. The maximum absolute atomic E-state index is 12.9. The van der Waals surface area contributed by atoms with Crippen LogP contribution in [-0.4, -0.2) is 48.2 Å². The van der Waals surface area contributed by atoms with Crippen molar-refractivity contribution in [2.75, 3.05) is 20.3 Å². The Morgan fingerprint density at radius 3 is 2.64 bits per heavy atom. The number of aliphatic carboxylic acids is 1. The molecule has 1 aromatic carbocycles. The quantitative estimate of drug-likeness (QED) is 0.854. The molecule has 6 heteroatoms. The molecule has 0 aromatic heterocycles. The molecule has 0 aliphatic carbocycles. The molecule has 1 heterocycles. The summed E-state index contributed by atoms with van der Waals surface area (Å²) in [4.78, 5) is 25.9. The van der Waals surface area contributed by atoms with Crippen LogP contribution in [0.25, 0.3) is 0 Å². The van der Waals surface area contributed by atoms with Gasteiger partial charge in [-0.1, -0.05) is 13.8 Å². The van der Waals surface area contributed by atoms with E-state index >= 15 is 0 Å². The highest BCUT2D eigenvalue weighted by atomic mass is 16.5. The van der Waals surface area contributed by atoms with Gasteiger partial charge in [0.15, 0.2) is 11.5 Å². The number of hydrogen-bond donors (Lipinski definition) is 1. The van der Waals surface area contributed by atoms with E-state index in [0.29, 0.717) is 49.0 Å². The summed E-state index contributed by atoms with van der Waals surface area (Å²) in [6, 6.07) is 4.77. The third-order valence-electron chi connectivity index (χ3n) is 4.55. The SMILES string of the molecule is COc1cc(C(=O)N2CCC[C@H](C(=O)O)[C@@H]2C)ccc1OCC(C)C. The Balaban J connectivity index is 2.19. The first-order chi connectivity index (χ1) is 11.8. The molecule has 1 aliphatic heterocycles. The predicted molar refractivity (Wildman–Crippen MR) is 94.2 cm³/mol. The van der Waals surface area contributed by atoms with Gasteiger partial charge in [-0.05, 0) is 43.9 Å². The number of methoxy groups -OCH3 is 1. The molecule has 1 fully saturated rings. The average Bonchev–Trinajstić information content (AvgIpc) is 2.59. The summed E-state index contributed by atoms with van der Waals surface area (Å²) in [6.45, 7) is 7.04. The number of likely N-dealkylation sites (tertiary alicyclic amines) is 1. The van der Waals surface area contributed by atoms with Gasteiger partial charge >= 0.3 is 5.97 Å². The van der Waals surface area contributed by atoms with Gasteiger partial charge in [0.05, 0.1) is 19.6 Å². The standard InChI is InChI=1S/C19H27NO5/c1-12(2)11-25-16-8-7-14(10-17(16)24-4)18(21)20-9-5-6-15(13(20)3)19(22)23/h7-8,10,12-13,15H,5-6,9,11H2,1-4H3,(H,22,23)/t13-,15-/m0/s1. The Morgan fingerprint density at radius 1 is 1.32 bits per heavy atom. The van der Waals surface area contributed by atoms with E-state index in [0.717, 1.165) is 0 Å². The number of carboxylic acids is 1. The maximum atomic E-state index is 12.9. The number of carboxylic acid groups (broad SMARTS) is 1. The van der Waals surface area contributed by atoms with E-state index in [-0.39, 0.29) is 11.9 Å². The lowest BCUT2D eigenvalue weighted by Crippen LogP contribution is -2.49. The number of benzene rings is 1. The topological polar surface area (TPSA) is 76.1 Å². The van der Waals surface area contributed by atoms with E-state index in [1.54, 1.807) is 30.0 Å². The third kappa shape index (κ3) is 4.44. The summed E-state index contributed by atoms with van der Waals surface area (Å²) in [7, 11) is 1.54. The molecule has 2 rings (SSSR count). The van der Waals surface area contributed by atoms with Crippen molar-refractivity contribution in [3.63, 3.8) is 0 Å². The number of carbonyl (C=O) groups excluding carboxylic acids is 1. The largest absolute Gasteiger partial charge is 0.493 e. The lowest BCUT2D eigenvalue weighted by atomic mass is 9.90. The molecule has 0 bridgehead atoms. The number of amides is 1. The molecule has 0 radical (unpaired) electrons. The van der Waals surface area contributed by atoms with Crippen LogP contribution in [0.4, 0.5) is 0 Å². The molecule has 138 valence electrons. The van der Waals surface area contributed by atoms with Crippen molar-refractivity contribution in [1.29, 1.82) is 0 Å². The van der Waals surface area contributed by atoms with Crippen LogP contribution in [0, 0.1) is 11.8 Å². The van der Waals surface area contributed by atoms with Crippen LogP contribution >= 0.6 is 0 Å². The molecule has 1 saturated heterocycles. The molecule has 1 amide bonds. The molecule has 6 nitrogen and oxygen atoms in total. The molecule has 1 aliphatic rings. The number of ether oxygens (including phenoxy) is 2. The second kappa shape index (κ2) is 8.23. The molecule has 0 unspecified atom stereocenters. The Labute approximate surface area is 148 Å². The van der Waals surface area contributed by atoms with Gasteiger partial charge in [-0.15, -0.1) is 0 Å². The van der Waals surface area contributed by atoms with Gasteiger partial charge in [-0.25, -0.2) is 0 Å². The van der Waals surface area contributed by atoms with Crippen LogP contribution in [0.3, 0.4) is 0 Å². The van der Waals surface area contributed by atoms with Crippen molar-refractivity contribution in [2.45, 2.75) is 39.7 Å². The first-order valence-corrected chi connectivity index (χ1v) is 8.69. The number of nitrogens with zero attached hydrogens (tertiary/aromatic N) is 1. The zero-order chi connectivity index (χ0) is 18.6. The van der Waals surface area contributed by atoms with Crippen LogP contribution in [0.1, 0.15) is 44.0 Å². The maximum Gasteiger partial charge on any atom is 0.308 e. The fraction of sp³-hybridized carbons (Fsp3) is 0.579. The Morgan fingerprint density at radius 2 is 2.04 bits per heavy atom. The zero-order valence-electron chi connectivity index (χ0n) is 15.3. The Kier molecular flexibility index (Phi) is 6.28. The lowest BCUT2D eigenvalue weighted by molar-refractivity contribution is -0.144. The van der Waals surface area contributed by atoms with Crippen molar-refractivity contribution >= 4 is 11.9 Å². The van der Waals surface area contributed by atoms with E-state index in [1.807, 2.05) is 0 Å². The smallest absolute Gasteiger partial charge is 0.308 e. The van der Waals surface area contributed by atoms with Gasteiger partial charge in [0.25, 0.3) is 5.91 Å². The van der Waals surface area contributed by atoms with Crippen molar-refractivity contribution < 1.29 is 24.2 Å². The highest BCUT2D eigenvalue weighted by Crippen LogP contribution is 2.31. The van der Waals surface area contributed by atoms with Gasteiger partial charge in [-0.2, -0.15) is 0 Å². The van der Waals surface area contributed by atoms with Crippen LogP contribution in [0.5, 0.6) is 11.5 Å².